The Morgan fingerprint density at radius 3 is 2.05 bits per heavy atom. The summed E-state index contributed by atoms with van der Waals surface area (Å²) in [5, 5.41) is 7.58. The molecule has 0 saturated heterocycles. The monoisotopic (exact) mass is 813 g/mol. The summed E-state index contributed by atoms with van der Waals surface area (Å²) in [6.07, 6.45) is 20.6. The highest BCUT2D eigenvalue weighted by atomic mass is 16.5. The van der Waals surface area contributed by atoms with E-state index >= 15 is 0 Å². The van der Waals surface area contributed by atoms with E-state index in [1.165, 1.54) is 77.0 Å². The third-order valence-electron chi connectivity index (χ3n) is 12.7. The zero-order valence-corrected chi connectivity index (χ0v) is 37.5. The predicted octanol–water partition coefficient (Wildman–Crippen LogP) is 13.9. The van der Waals surface area contributed by atoms with Gasteiger partial charge in [-0.15, -0.1) is 0 Å². The molecule has 0 bridgehead atoms. The molecule has 1 aliphatic heterocycles. The lowest BCUT2D eigenvalue weighted by Gasteiger charge is -2.27. The van der Waals surface area contributed by atoms with E-state index in [0.717, 1.165) is 108 Å². The molecule has 1 aliphatic carbocycles. The molecule has 0 amide bonds. The third-order valence-corrected chi connectivity index (χ3v) is 12.7. The zero-order chi connectivity index (χ0) is 42.3. The Morgan fingerprint density at radius 1 is 0.672 bits per heavy atom. The number of ether oxygens (including phenoxy) is 3. The molecule has 316 valence electrons. The van der Waals surface area contributed by atoms with Crippen molar-refractivity contribution in [3.05, 3.63) is 131 Å². The van der Waals surface area contributed by atoms with E-state index < -0.39 is 0 Å². The van der Waals surface area contributed by atoms with Crippen molar-refractivity contribution in [3.63, 3.8) is 0 Å². The van der Waals surface area contributed by atoms with Gasteiger partial charge < -0.3 is 18.8 Å². The Hall–Kier alpha value is -5.55. The number of allylic oxidation sites excluding steroid dienone is 6. The van der Waals surface area contributed by atoms with Crippen molar-refractivity contribution >= 4 is 55.5 Å². The van der Waals surface area contributed by atoms with Crippen LogP contribution < -0.4 is 19.6 Å². The minimum atomic E-state index is 0.489. The van der Waals surface area contributed by atoms with Gasteiger partial charge in [0.15, 0.2) is 0 Å². The summed E-state index contributed by atoms with van der Waals surface area (Å²) in [7, 11) is 1.74. The number of unbranched alkanes of at least 4 members (excludes halogenated alkanes) is 4. The van der Waals surface area contributed by atoms with Crippen LogP contribution in [0.1, 0.15) is 110 Å². The van der Waals surface area contributed by atoms with Gasteiger partial charge in [-0.3, -0.25) is 0 Å². The first-order valence-corrected chi connectivity index (χ1v) is 23.3. The number of aromatic nitrogens is 1. The molecule has 2 aliphatic rings. The molecule has 0 radical (unpaired) electrons. The van der Waals surface area contributed by atoms with Crippen LogP contribution in [-0.4, -0.2) is 41.7 Å². The molecule has 6 aromatic rings. The molecule has 0 N–H and O–H groups in total. The van der Waals surface area contributed by atoms with Crippen LogP contribution in [-0.2, 0) is 6.54 Å². The topological polar surface area (TPSA) is 35.6 Å². The lowest BCUT2D eigenvalue weighted by Crippen LogP contribution is -2.16. The normalized spacial score (nSPS) is 16.5. The second kappa shape index (κ2) is 19.4. The van der Waals surface area contributed by atoms with E-state index in [2.05, 4.69) is 153 Å². The highest BCUT2D eigenvalue weighted by Crippen LogP contribution is 2.43. The molecule has 2 heterocycles. The Balaban J connectivity index is 1.28. The van der Waals surface area contributed by atoms with E-state index in [9.17, 15) is 0 Å². The molecule has 5 nitrogen and oxygen atoms in total. The molecule has 5 aromatic carbocycles. The molecule has 0 saturated carbocycles. The van der Waals surface area contributed by atoms with Crippen LogP contribution in [0.5, 0.6) is 17.2 Å². The molecule has 0 fully saturated rings. The van der Waals surface area contributed by atoms with Crippen molar-refractivity contribution in [2.24, 2.45) is 5.92 Å². The molecule has 8 rings (SSSR count). The van der Waals surface area contributed by atoms with Gasteiger partial charge in [-0.05, 0) is 103 Å². The highest BCUT2D eigenvalue weighted by molar-refractivity contribution is 6.20. The number of aryl methyl sites for hydroxylation is 1. The van der Waals surface area contributed by atoms with E-state index in [4.69, 9.17) is 14.2 Å². The first-order chi connectivity index (χ1) is 30.0. The van der Waals surface area contributed by atoms with Crippen LogP contribution >= 0.6 is 0 Å². The summed E-state index contributed by atoms with van der Waals surface area (Å²) >= 11 is 0. The molecule has 1 aromatic heterocycles. The molecule has 0 spiro atoms. The van der Waals surface area contributed by atoms with Crippen LogP contribution in [0.25, 0.3) is 44.1 Å². The second-order valence-corrected chi connectivity index (χ2v) is 17.1. The van der Waals surface area contributed by atoms with Gasteiger partial charge in [-0.25, -0.2) is 0 Å². The maximum atomic E-state index is 6.37. The number of rotatable bonds is 19. The fraction of sp³-hybridized carbons (Fsp3) is 0.375. The Bertz CT molecular complexity index is 2690. The largest absolute Gasteiger partial charge is 0.497 e. The van der Waals surface area contributed by atoms with Crippen molar-refractivity contribution in [2.45, 2.75) is 105 Å². The van der Waals surface area contributed by atoms with Crippen molar-refractivity contribution in [2.75, 3.05) is 26.9 Å². The smallest absolute Gasteiger partial charge is 0.214 e. The number of methoxy groups -OCH3 is 1. The summed E-state index contributed by atoms with van der Waals surface area (Å²) in [5.41, 5.74) is 10.4. The zero-order valence-electron chi connectivity index (χ0n) is 37.5. The van der Waals surface area contributed by atoms with Crippen LogP contribution in [0.2, 0.25) is 0 Å². The Kier molecular flexibility index (Phi) is 13.4. The minimum Gasteiger partial charge on any atom is -0.497 e. The first-order valence-electron chi connectivity index (χ1n) is 23.3. The molecule has 1 unspecified atom stereocenters. The summed E-state index contributed by atoms with van der Waals surface area (Å²) in [6, 6.07) is 31.1. The van der Waals surface area contributed by atoms with Crippen molar-refractivity contribution in [1.82, 2.24) is 4.57 Å². The van der Waals surface area contributed by atoms with Crippen LogP contribution in [0.3, 0.4) is 0 Å². The van der Waals surface area contributed by atoms with Gasteiger partial charge in [-0.1, -0.05) is 115 Å². The molecule has 1 atom stereocenters. The van der Waals surface area contributed by atoms with Gasteiger partial charge in [-0.2, -0.15) is 4.58 Å². The Morgan fingerprint density at radius 2 is 1.34 bits per heavy atom. The van der Waals surface area contributed by atoms with Gasteiger partial charge in [0.2, 0.25) is 11.4 Å². The average Bonchev–Trinajstić information content (AvgIpc) is 3.76. The molecule has 61 heavy (non-hydrogen) atoms. The predicted molar refractivity (Wildman–Crippen MR) is 258 cm³/mol. The standard InChI is InChI=1S/C56H65N2O3/c1-7-11-33-57-48(44-17-15-19-46-52(60-35-13-9-3)31-29-50(57)55(44)46)27-23-41-37-39(5)38-42(54(41)40-21-25-43(59-6)26-22-40)24-28-49-45-18-16-20-47-53(61-36-14-10-4)32-30-51(56(45)47)58(49)34-12-8-2/h15-32,39H,7-14,33-38H2,1-6H3/q+1. The lowest BCUT2D eigenvalue weighted by atomic mass is 9.78. The maximum absolute atomic E-state index is 6.37. The molecular weight excluding hydrogens is 749 g/mol. The second-order valence-electron chi connectivity index (χ2n) is 17.1. The SMILES string of the molecule is CCCCOc1ccc2c3c(cccc13)C(/C=C/C1=C(c3ccc(OC)cc3)C(=C/C=c3\c4cccc5c(OCCCC)ccc(c54)n3CCCC)/CC(C)C1)=[N+]2CCCC. The average molecular weight is 814 g/mol. The quantitative estimate of drug-likeness (QED) is 0.0604. The van der Waals surface area contributed by atoms with E-state index in [-0.39, 0.29) is 0 Å². The number of nitrogens with zero attached hydrogens (tertiary/aromatic N) is 2. The van der Waals surface area contributed by atoms with Crippen LogP contribution in [0, 0.1) is 5.92 Å². The summed E-state index contributed by atoms with van der Waals surface area (Å²) in [6.45, 7) is 14.8. The van der Waals surface area contributed by atoms with E-state index in [0.29, 0.717) is 5.92 Å². The molecule has 5 heteroatoms. The van der Waals surface area contributed by atoms with Crippen molar-refractivity contribution < 1.29 is 18.8 Å². The first kappa shape index (κ1) is 42.2. The molecular formula is C56H65N2O3+. The van der Waals surface area contributed by atoms with Crippen molar-refractivity contribution in [3.8, 4) is 17.2 Å². The minimum absolute atomic E-state index is 0.489. The summed E-state index contributed by atoms with van der Waals surface area (Å²) < 4.78 is 23.5. The van der Waals surface area contributed by atoms with E-state index in [1.807, 2.05) is 0 Å². The van der Waals surface area contributed by atoms with Gasteiger partial charge in [0.05, 0.1) is 31.3 Å². The van der Waals surface area contributed by atoms with Crippen LogP contribution in [0.4, 0.5) is 5.69 Å². The summed E-state index contributed by atoms with van der Waals surface area (Å²) in [4.78, 5) is 0. The Labute approximate surface area is 363 Å². The van der Waals surface area contributed by atoms with Crippen LogP contribution in [0.15, 0.2) is 114 Å². The van der Waals surface area contributed by atoms with Gasteiger partial charge in [0.25, 0.3) is 0 Å². The maximum Gasteiger partial charge on any atom is 0.214 e. The lowest BCUT2D eigenvalue weighted by molar-refractivity contribution is -0.436. The summed E-state index contributed by atoms with van der Waals surface area (Å²) in [5.74, 6) is 3.33. The number of hydrogen-bond donors (Lipinski definition) is 0. The van der Waals surface area contributed by atoms with Gasteiger partial charge in [0, 0.05) is 57.5 Å². The fourth-order valence-electron chi connectivity index (χ4n) is 9.55. The van der Waals surface area contributed by atoms with Crippen molar-refractivity contribution in [1.29, 1.82) is 0 Å². The van der Waals surface area contributed by atoms with E-state index in [1.54, 1.807) is 7.11 Å². The third kappa shape index (κ3) is 8.54. The highest BCUT2D eigenvalue weighted by Gasteiger charge is 2.32. The van der Waals surface area contributed by atoms with Gasteiger partial charge >= 0.3 is 0 Å². The number of hydrogen-bond acceptors (Lipinski definition) is 3. The fourth-order valence-corrected chi connectivity index (χ4v) is 9.55. The number of benzene rings is 5. The van der Waals surface area contributed by atoms with Gasteiger partial charge in [0.1, 0.15) is 23.8 Å².